The number of anilines is 2. The van der Waals surface area contributed by atoms with Gasteiger partial charge in [-0.25, -0.2) is 9.69 Å². The van der Waals surface area contributed by atoms with Crippen molar-refractivity contribution in [2.24, 2.45) is 0 Å². The highest BCUT2D eigenvalue weighted by molar-refractivity contribution is 6.53. The lowest BCUT2D eigenvalue weighted by atomic mass is 10.2. The Hall–Kier alpha value is -2.54. The number of benzene rings is 2. The second kappa shape index (κ2) is 8.22. The van der Waals surface area contributed by atoms with Crippen molar-refractivity contribution in [3.63, 3.8) is 0 Å². The molecule has 6 nitrogen and oxygen atoms in total. The summed E-state index contributed by atoms with van der Waals surface area (Å²) in [7, 11) is 0. The molecule has 0 aliphatic carbocycles. The molecule has 0 atom stereocenters. The topological polar surface area (TPSA) is 75.7 Å². The largest absolute Gasteiger partial charge is 0.462 e. The van der Waals surface area contributed by atoms with Crippen LogP contribution in [0.1, 0.15) is 17.3 Å². The lowest BCUT2D eigenvalue weighted by Gasteiger charge is -2.16. The van der Waals surface area contributed by atoms with Gasteiger partial charge in [0.2, 0.25) is 0 Å². The normalized spacial score (nSPS) is 13.9. The molecule has 0 unspecified atom stereocenters. The molecular formula is C19H13Cl3N2O4. The summed E-state index contributed by atoms with van der Waals surface area (Å²) in [6.45, 7) is 1.93. The van der Waals surface area contributed by atoms with E-state index in [1.165, 1.54) is 24.3 Å². The van der Waals surface area contributed by atoms with Crippen molar-refractivity contribution < 1.29 is 19.1 Å². The third-order valence-corrected chi connectivity index (χ3v) is 4.92. The first-order valence-corrected chi connectivity index (χ1v) is 9.24. The van der Waals surface area contributed by atoms with Crippen LogP contribution in [0, 0.1) is 0 Å². The van der Waals surface area contributed by atoms with Crippen LogP contribution in [0.2, 0.25) is 10.0 Å². The van der Waals surface area contributed by atoms with Crippen LogP contribution in [0.5, 0.6) is 0 Å². The molecule has 0 radical (unpaired) electrons. The van der Waals surface area contributed by atoms with Crippen LogP contribution >= 0.6 is 34.8 Å². The van der Waals surface area contributed by atoms with Crippen molar-refractivity contribution in [2.45, 2.75) is 6.92 Å². The number of rotatable bonds is 5. The minimum atomic E-state index is -0.700. The molecule has 0 bridgehead atoms. The lowest BCUT2D eigenvalue weighted by molar-refractivity contribution is -0.120. The molecule has 0 aromatic heterocycles. The second-order valence-corrected chi connectivity index (χ2v) is 6.85. The quantitative estimate of drug-likeness (QED) is 0.544. The van der Waals surface area contributed by atoms with Gasteiger partial charge >= 0.3 is 5.97 Å². The van der Waals surface area contributed by atoms with Crippen molar-refractivity contribution >= 4 is 64.0 Å². The van der Waals surface area contributed by atoms with Gasteiger partial charge in [0.05, 0.1) is 27.9 Å². The molecule has 1 heterocycles. The van der Waals surface area contributed by atoms with Gasteiger partial charge in [0.1, 0.15) is 10.7 Å². The fourth-order valence-corrected chi connectivity index (χ4v) is 3.06. The first-order chi connectivity index (χ1) is 13.3. The summed E-state index contributed by atoms with van der Waals surface area (Å²) in [5.74, 6) is -1.86. The van der Waals surface area contributed by atoms with Crippen LogP contribution in [0.4, 0.5) is 11.4 Å². The maximum absolute atomic E-state index is 12.8. The molecular weight excluding hydrogens is 427 g/mol. The molecule has 2 aromatic rings. The first kappa shape index (κ1) is 20.2. The minimum Gasteiger partial charge on any atom is -0.462 e. The summed E-state index contributed by atoms with van der Waals surface area (Å²) in [6, 6.07) is 10.7. The summed E-state index contributed by atoms with van der Waals surface area (Å²) in [4.78, 5) is 38.0. The number of esters is 1. The fourth-order valence-electron chi connectivity index (χ4n) is 2.55. The van der Waals surface area contributed by atoms with E-state index < -0.39 is 17.8 Å². The highest BCUT2D eigenvalue weighted by atomic mass is 35.5. The summed E-state index contributed by atoms with van der Waals surface area (Å²) in [5.41, 5.74) is 0.816. The molecule has 1 aliphatic rings. The number of imide groups is 1. The Morgan fingerprint density at radius 2 is 1.79 bits per heavy atom. The number of hydrogen-bond acceptors (Lipinski definition) is 5. The fraction of sp³-hybridized carbons (Fsp3) is 0.105. The molecule has 0 saturated heterocycles. The van der Waals surface area contributed by atoms with E-state index in [-0.39, 0.29) is 33.1 Å². The summed E-state index contributed by atoms with van der Waals surface area (Å²) >= 11 is 18.0. The van der Waals surface area contributed by atoms with Crippen LogP contribution < -0.4 is 10.2 Å². The number of carbonyl (C=O) groups is 3. The van der Waals surface area contributed by atoms with Gasteiger partial charge in [-0.05, 0) is 43.3 Å². The zero-order chi connectivity index (χ0) is 20.4. The van der Waals surface area contributed by atoms with Gasteiger partial charge in [0, 0.05) is 5.69 Å². The number of nitrogens with one attached hydrogen (secondary N) is 1. The zero-order valence-corrected chi connectivity index (χ0v) is 16.7. The Balaban J connectivity index is 1.88. The highest BCUT2D eigenvalue weighted by Gasteiger charge is 2.39. The molecule has 2 amide bonds. The van der Waals surface area contributed by atoms with Crippen molar-refractivity contribution in [3.8, 4) is 0 Å². The van der Waals surface area contributed by atoms with Crippen LogP contribution in [0.15, 0.2) is 53.2 Å². The van der Waals surface area contributed by atoms with E-state index in [4.69, 9.17) is 39.5 Å². The van der Waals surface area contributed by atoms with Crippen molar-refractivity contribution in [1.82, 2.24) is 0 Å². The third kappa shape index (κ3) is 3.85. The predicted molar refractivity (Wildman–Crippen MR) is 108 cm³/mol. The van der Waals surface area contributed by atoms with Gasteiger partial charge in [-0.2, -0.15) is 0 Å². The Morgan fingerprint density at radius 3 is 2.46 bits per heavy atom. The maximum Gasteiger partial charge on any atom is 0.338 e. The number of ether oxygens (including phenoxy) is 1. The second-order valence-electron chi connectivity index (χ2n) is 5.66. The van der Waals surface area contributed by atoms with Crippen LogP contribution in [0.25, 0.3) is 0 Å². The standard InChI is InChI=1S/C19H13Cl3N2O4/c1-2-28-19(27)10-4-3-5-11(8-10)23-16-15(22)17(25)24(18(16)26)12-6-7-13(20)14(21)9-12/h3-9,23H,2H2,1H3. The van der Waals surface area contributed by atoms with E-state index in [1.54, 1.807) is 25.1 Å². The average Bonchev–Trinajstić information content (AvgIpc) is 2.88. The zero-order valence-electron chi connectivity index (χ0n) is 14.5. The summed E-state index contributed by atoms with van der Waals surface area (Å²) in [6.07, 6.45) is 0. The molecule has 0 saturated carbocycles. The molecule has 9 heteroatoms. The Kier molecular flexibility index (Phi) is 5.93. The molecule has 0 spiro atoms. The van der Waals surface area contributed by atoms with Gasteiger partial charge in [0.25, 0.3) is 11.8 Å². The molecule has 3 rings (SSSR count). The van der Waals surface area contributed by atoms with E-state index >= 15 is 0 Å². The molecule has 1 aliphatic heterocycles. The van der Waals surface area contributed by atoms with Crippen molar-refractivity contribution in [2.75, 3.05) is 16.8 Å². The van der Waals surface area contributed by atoms with Gasteiger partial charge in [0.15, 0.2) is 0 Å². The van der Waals surface area contributed by atoms with Crippen molar-refractivity contribution in [1.29, 1.82) is 0 Å². The maximum atomic E-state index is 12.8. The molecule has 144 valence electrons. The smallest absolute Gasteiger partial charge is 0.338 e. The van der Waals surface area contributed by atoms with Crippen LogP contribution in [-0.4, -0.2) is 24.4 Å². The van der Waals surface area contributed by atoms with Gasteiger partial charge < -0.3 is 10.1 Å². The number of amides is 2. The van der Waals surface area contributed by atoms with E-state index in [2.05, 4.69) is 5.32 Å². The molecule has 0 fully saturated rings. The van der Waals surface area contributed by atoms with E-state index in [0.29, 0.717) is 11.3 Å². The Labute approximate surface area is 175 Å². The monoisotopic (exact) mass is 438 g/mol. The summed E-state index contributed by atoms with van der Waals surface area (Å²) in [5, 5.41) is 3.01. The number of hydrogen-bond donors (Lipinski definition) is 1. The van der Waals surface area contributed by atoms with E-state index in [9.17, 15) is 14.4 Å². The van der Waals surface area contributed by atoms with Gasteiger partial charge in [-0.3, -0.25) is 9.59 Å². The third-order valence-electron chi connectivity index (χ3n) is 3.83. The number of nitrogens with zero attached hydrogens (tertiary/aromatic N) is 1. The minimum absolute atomic E-state index is 0.112. The lowest BCUT2D eigenvalue weighted by Crippen LogP contribution is -2.32. The predicted octanol–water partition coefficient (Wildman–Crippen LogP) is 4.61. The van der Waals surface area contributed by atoms with Gasteiger partial charge in [-0.1, -0.05) is 40.9 Å². The number of carbonyl (C=O) groups excluding carboxylic acids is 3. The van der Waals surface area contributed by atoms with Crippen LogP contribution in [-0.2, 0) is 14.3 Å². The highest BCUT2D eigenvalue weighted by Crippen LogP contribution is 2.33. The SMILES string of the molecule is CCOC(=O)c1cccc(NC2=C(Cl)C(=O)N(c3ccc(Cl)c(Cl)c3)C2=O)c1. The van der Waals surface area contributed by atoms with Crippen LogP contribution in [0.3, 0.4) is 0 Å². The van der Waals surface area contributed by atoms with Crippen molar-refractivity contribution in [3.05, 3.63) is 68.8 Å². The van der Waals surface area contributed by atoms with E-state index in [0.717, 1.165) is 4.90 Å². The van der Waals surface area contributed by atoms with E-state index in [1.807, 2.05) is 0 Å². The number of halogens is 3. The molecule has 1 N–H and O–H groups in total. The Bertz CT molecular complexity index is 1020. The average molecular weight is 440 g/mol. The van der Waals surface area contributed by atoms with Gasteiger partial charge in [-0.15, -0.1) is 0 Å². The summed E-state index contributed by atoms with van der Waals surface area (Å²) < 4.78 is 4.95. The molecule has 28 heavy (non-hydrogen) atoms. The first-order valence-electron chi connectivity index (χ1n) is 8.11. The molecule has 2 aromatic carbocycles. The Morgan fingerprint density at radius 1 is 1.04 bits per heavy atom.